The van der Waals surface area contributed by atoms with Gasteiger partial charge in [-0.25, -0.2) is 4.79 Å². The summed E-state index contributed by atoms with van der Waals surface area (Å²) in [6.45, 7) is 10.2. The zero-order chi connectivity index (χ0) is 22.6. The first kappa shape index (κ1) is 22.7. The van der Waals surface area contributed by atoms with Gasteiger partial charge >= 0.3 is 6.09 Å². The van der Waals surface area contributed by atoms with Gasteiger partial charge in [0, 0.05) is 39.0 Å². The Balaban J connectivity index is 1.31. The van der Waals surface area contributed by atoms with Gasteiger partial charge in [0.05, 0.1) is 0 Å². The lowest BCUT2D eigenvalue weighted by Gasteiger charge is -2.33. The van der Waals surface area contributed by atoms with E-state index in [-0.39, 0.29) is 12.2 Å². The quantitative estimate of drug-likeness (QED) is 0.642. The molecule has 5 heteroatoms. The first-order chi connectivity index (χ1) is 15.4. The Bertz CT molecular complexity index is 899. The second-order valence-corrected chi connectivity index (χ2v) is 10.0. The fraction of sp³-hybridized carbons (Fsp3) is 0.519. The Kier molecular flexibility index (Phi) is 7.04. The third-order valence-corrected chi connectivity index (χ3v) is 6.14. The van der Waals surface area contributed by atoms with Crippen molar-refractivity contribution in [1.29, 1.82) is 0 Å². The Labute approximate surface area is 192 Å². The summed E-state index contributed by atoms with van der Waals surface area (Å²) in [7, 11) is 0. The van der Waals surface area contributed by atoms with Crippen LogP contribution >= 0.6 is 0 Å². The van der Waals surface area contributed by atoms with Gasteiger partial charge in [-0.2, -0.15) is 0 Å². The van der Waals surface area contributed by atoms with Crippen LogP contribution in [0.25, 0.3) is 0 Å². The van der Waals surface area contributed by atoms with E-state index >= 15 is 0 Å². The smallest absolute Gasteiger partial charge is 0.410 e. The molecule has 0 unspecified atom stereocenters. The number of hydrogen-bond acceptors (Lipinski definition) is 4. The Morgan fingerprint density at radius 2 is 1.75 bits per heavy atom. The molecule has 2 aromatic rings. The van der Waals surface area contributed by atoms with Gasteiger partial charge in [-0.1, -0.05) is 36.4 Å². The summed E-state index contributed by atoms with van der Waals surface area (Å²) in [5, 5.41) is 0. The first-order valence-electron chi connectivity index (χ1n) is 11.9. The van der Waals surface area contributed by atoms with Crippen molar-refractivity contribution in [3.05, 3.63) is 65.2 Å². The van der Waals surface area contributed by atoms with Gasteiger partial charge < -0.3 is 14.4 Å². The number of ether oxygens (including phenoxy) is 2. The van der Waals surface area contributed by atoms with Gasteiger partial charge in [0.1, 0.15) is 17.5 Å². The number of amides is 1. The molecule has 5 nitrogen and oxygen atoms in total. The highest BCUT2D eigenvalue weighted by molar-refractivity contribution is 5.68. The van der Waals surface area contributed by atoms with Crippen LogP contribution in [0.5, 0.6) is 5.75 Å². The highest BCUT2D eigenvalue weighted by Crippen LogP contribution is 2.27. The van der Waals surface area contributed by atoms with E-state index in [1.165, 1.54) is 16.7 Å². The van der Waals surface area contributed by atoms with Crippen molar-refractivity contribution >= 4 is 6.09 Å². The largest absolute Gasteiger partial charge is 0.490 e. The summed E-state index contributed by atoms with van der Waals surface area (Å²) in [4.78, 5) is 16.6. The van der Waals surface area contributed by atoms with Crippen molar-refractivity contribution < 1.29 is 14.3 Å². The number of piperidine rings is 1. The monoisotopic (exact) mass is 436 g/mol. The van der Waals surface area contributed by atoms with Gasteiger partial charge in [0.15, 0.2) is 0 Å². The molecule has 0 aliphatic carbocycles. The molecule has 2 aliphatic rings. The maximum atomic E-state index is 12.3. The van der Waals surface area contributed by atoms with Gasteiger partial charge in [0.25, 0.3) is 0 Å². The van der Waals surface area contributed by atoms with Gasteiger partial charge in [-0.15, -0.1) is 0 Å². The second kappa shape index (κ2) is 9.95. The third-order valence-electron chi connectivity index (χ3n) is 6.14. The molecule has 1 saturated heterocycles. The summed E-state index contributed by atoms with van der Waals surface area (Å²) in [6.07, 6.45) is 3.85. The molecule has 2 aromatic carbocycles. The zero-order valence-electron chi connectivity index (χ0n) is 19.7. The number of benzene rings is 2. The molecule has 4 rings (SSSR count). The molecule has 1 fully saturated rings. The van der Waals surface area contributed by atoms with E-state index in [4.69, 9.17) is 9.47 Å². The maximum absolute atomic E-state index is 12.3. The summed E-state index contributed by atoms with van der Waals surface area (Å²) in [6, 6.07) is 17.3. The van der Waals surface area contributed by atoms with E-state index in [0.717, 1.165) is 51.1 Å². The molecule has 0 saturated carbocycles. The van der Waals surface area contributed by atoms with Gasteiger partial charge in [-0.3, -0.25) is 4.90 Å². The van der Waals surface area contributed by atoms with Gasteiger partial charge in [-0.05, 0) is 69.0 Å². The van der Waals surface area contributed by atoms with Crippen molar-refractivity contribution in [3.63, 3.8) is 0 Å². The van der Waals surface area contributed by atoms with Crippen LogP contribution in [0, 0.1) is 0 Å². The molecule has 0 bridgehead atoms. The zero-order valence-corrected chi connectivity index (χ0v) is 19.7. The van der Waals surface area contributed by atoms with Crippen LogP contribution in [-0.2, 0) is 24.2 Å². The minimum Gasteiger partial charge on any atom is -0.490 e. The van der Waals surface area contributed by atoms with Crippen LogP contribution in [0.3, 0.4) is 0 Å². The number of carbonyl (C=O) groups excluding carboxylic acids is 1. The maximum Gasteiger partial charge on any atom is 0.410 e. The first-order valence-corrected chi connectivity index (χ1v) is 11.9. The van der Waals surface area contributed by atoms with Crippen LogP contribution < -0.4 is 4.74 Å². The van der Waals surface area contributed by atoms with Crippen molar-refractivity contribution in [2.75, 3.05) is 19.6 Å². The predicted octanol–water partition coefficient (Wildman–Crippen LogP) is 5.41. The summed E-state index contributed by atoms with van der Waals surface area (Å²) in [5.41, 5.74) is 3.73. The highest BCUT2D eigenvalue weighted by Gasteiger charge is 2.28. The van der Waals surface area contributed by atoms with E-state index in [1.54, 1.807) is 4.90 Å². The molecule has 0 aromatic heterocycles. The van der Waals surface area contributed by atoms with Crippen LogP contribution in [0.2, 0.25) is 0 Å². The standard InChI is InChI=1S/C27H36N2O3/c1-27(2,3)32-26(30)29-16-13-24(14-17-29)31-25-12-11-23-20-28(15-7-10-22(23)18-25)19-21-8-5-4-6-9-21/h4-6,8-9,11-12,18,24H,7,10,13-17,19-20H2,1-3H3. The van der Waals surface area contributed by atoms with E-state index in [1.807, 2.05) is 20.8 Å². The Hall–Kier alpha value is -2.53. The third kappa shape index (κ3) is 6.26. The number of hydrogen-bond donors (Lipinski definition) is 0. The molecule has 2 aliphatic heterocycles. The second-order valence-electron chi connectivity index (χ2n) is 10.0. The lowest BCUT2D eigenvalue weighted by atomic mass is 10.0. The molecule has 172 valence electrons. The Morgan fingerprint density at radius 1 is 1.00 bits per heavy atom. The predicted molar refractivity (Wildman–Crippen MR) is 127 cm³/mol. The summed E-state index contributed by atoms with van der Waals surface area (Å²) in [5.74, 6) is 0.955. The van der Waals surface area contributed by atoms with Crippen molar-refractivity contribution in [2.45, 2.75) is 71.2 Å². The average Bonchev–Trinajstić information content (AvgIpc) is 2.95. The number of likely N-dealkylation sites (tertiary alicyclic amines) is 1. The summed E-state index contributed by atoms with van der Waals surface area (Å²) < 4.78 is 11.8. The number of carbonyl (C=O) groups is 1. The number of rotatable bonds is 4. The molecule has 0 atom stereocenters. The molecular formula is C27H36N2O3. The van der Waals surface area contributed by atoms with E-state index in [0.29, 0.717) is 13.1 Å². The molecule has 2 heterocycles. The molecule has 0 spiro atoms. The molecular weight excluding hydrogens is 400 g/mol. The topological polar surface area (TPSA) is 42.0 Å². The average molecular weight is 437 g/mol. The van der Waals surface area contributed by atoms with Crippen LogP contribution in [-0.4, -0.2) is 47.2 Å². The van der Waals surface area contributed by atoms with E-state index < -0.39 is 5.60 Å². The molecule has 0 N–H and O–H groups in total. The van der Waals surface area contributed by atoms with Crippen LogP contribution in [0.15, 0.2) is 48.5 Å². The minimum atomic E-state index is -0.455. The highest BCUT2D eigenvalue weighted by atomic mass is 16.6. The van der Waals surface area contributed by atoms with Crippen LogP contribution in [0.1, 0.15) is 56.7 Å². The SMILES string of the molecule is CC(C)(C)OC(=O)N1CCC(Oc2ccc3c(c2)CCCN(Cc2ccccc2)C3)CC1. The fourth-order valence-electron chi connectivity index (χ4n) is 4.53. The van der Waals surface area contributed by atoms with Crippen LogP contribution in [0.4, 0.5) is 4.79 Å². The lowest BCUT2D eigenvalue weighted by molar-refractivity contribution is 0.0126. The molecule has 1 amide bonds. The van der Waals surface area contributed by atoms with E-state index in [9.17, 15) is 4.79 Å². The molecule has 32 heavy (non-hydrogen) atoms. The Morgan fingerprint density at radius 3 is 2.47 bits per heavy atom. The lowest BCUT2D eigenvalue weighted by Crippen LogP contribution is -2.44. The van der Waals surface area contributed by atoms with Crippen molar-refractivity contribution in [1.82, 2.24) is 9.80 Å². The number of nitrogens with zero attached hydrogens (tertiary/aromatic N) is 2. The summed E-state index contributed by atoms with van der Waals surface area (Å²) >= 11 is 0. The number of fused-ring (bicyclic) bond motifs is 1. The van der Waals surface area contributed by atoms with Gasteiger partial charge in [0.2, 0.25) is 0 Å². The molecule has 0 radical (unpaired) electrons. The van der Waals surface area contributed by atoms with E-state index in [2.05, 4.69) is 53.4 Å². The number of aryl methyl sites for hydroxylation is 1. The minimum absolute atomic E-state index is 0.145. The van der Waals surface area contributed by atoms with Crippen molar-refractivity contribution in [3.8, 4) is 5.75 Å². The normalized spacial score (nSPS) is 18.0. The van der Waals surface area contributed by atoms with Crippen molar-refractivity contribution in [2.24, 2.45) is 0 Å². The fourth-order valence-corrected chi connectivity index (χ4v) is 4.53.